The molecule has 0 amide bonds. The molecule has 1 atom stereocenters. The molecule has 0 bridgehead atoms. The van der Waals surface area contributed by atoms with Gasteiger partial charge in [-0.3, -0.25) is 0 Å². The maximum atomic E-state index is 10.1. The predicted molar refractivity (Wildman–Crippen MR) is 75.5 cm³/mol. The van der Waals surface area contributed by atoms with Crippen LogP contribution in [0.2, 0.25) is 0 Å². The zero-order chi connectivity index (χ0) is 13.8. The van der Waals surface area contributed by atoms with Crippen molar-refractivity contribution in [3.8, 4) is 0 Å². The molecule has 0 aromatic rings. The molecule has 0 saturated carbocycles. The summed E-state index contributed by atoms with van der Waals surface area (Å²) in [6, 6.07) is 0. The van der Waals surface area contributed by atoms with E-state index in [9.17, 15) is 5.11 Å². The van der Waals surface area contributed by atoms with Crippen molar-refractivity contribution < 1.29 is 9.84 Å². The van der Waals surface area contributed by atoms with Gasteiger partial charge in [-0.1, -0.05) is 20.8 Å². The average Bonchev–Trinajstić information content (AvgIpc) is 2.27. The smallest absolute Gasteiger partial charge is 0.160 e. The minimum Gasteiger partial charge on any atom is -0.367 e. The standard InChI is InChI=1S/C15H31NO2/c1-12(2)18-14(17)15(4,5)8-11-16-9-6-13(3)7-10-16/h12-14,17H,6-11H2,1-5H3. The van der Waals surface area contributed by atoms with Gasteiger partial charge in [-0.2, -0.15) is 0 Å². The Labute approximate surface area is 113 Å². The molecule has 1 aliphatic rings. The molecular weight excluding hydrogens is 226 g/mol. The van der Waals surface area contributed by atoms with E-state index in [-0.39, 0.29) is 11.5 Å². The largest absolute Gasteiger partial charge is 0.367 e. The highest BCUT2D eigenvalue weighted by Crippen LogP contribution is 2.28. The van der Waals surface area contributed by atoms with Crippen LogP contribution in [0.3, 0.4) is 0 Å². The summed E-state index contributed by atoms with van der Waals surface area (Å²) in [7, 11) is 0. The molecular formula is C15H31NO2. The van der Waals surface area contributed by atoms with Crippen LogP contribution in [0, 0.1) is 11.3 Å². The number of piperidine rings is 1. The molecule has 108 valence electrons. The average molecular weight is 257 g/mol. The van der Waals surface area contributed by atoms with Crippen molar-refractivity contribution >= 4 is 0 Å². The van der Waals surface area contributed by atoms with E-state index in [4.69, 9.17) is 4.74 Å². The highest BCUT2D eigenvalue weighted by Gasteiger charge is 2.30. The molecule has 0 aromatic carbocycles. The number of aliphatic hydroxyl groups is 1. The van der Waals surface area contributed by atoms with Crippen LogP contribution < -0.4 is 0 Å². The summed E-state index contributed by atoms with van der Waals surface area (Å²) in [5.41, 5.74) is -0.173. The van der Waals surface area contributed by atoms with Crippen molar-refractivity contribution in [3.05, 3.63) is 0 Å². The maximum Gasteiger partial charge on any atom is 0.160 e. The van der Waals surface area contributed by atoms with Gasteiger partial charge >= 0.3 is 0 Å². The van der Waals surface area contributed by atoms with Crippen molar-refractivity contribution in [1.82, 2.24) is 4.90 Å². The summed E-state index contributed by atoms with van der Waals surface area (Å²) >= 11 is 0. The fourth-order valence-corrected chi connectivity index (χ4v) is 2.30. The third-order valence-corrected chi connectivity index (χ3v) is 4.02. The van der Waals surface area contributed by atoms with Crippen LogP contribution in [0.1, 0.15) is 53.9 Å². The van der Waals surface area contributed by atoms with Crippen LogP contribution in [0.4, 0.5) is 0 Å². The van der Waals surface area contributed by atoms with Gasteiger partial charge in [0.05, 0.1) is 6.10 Å². The van der Waals surface area contributed by atoms with Gasteiger partial charge in [0, 0.05) is 5.41 Å². The molecule has 0 aromatic heterocycles. The van der Waals surface area contributed by atoms with E-state index in [2.05, 4.69) is 25.7 Å². The lowest BCUT2D eigenvalue weighted by Gasteiger charge is -2.36. The molecule has 1 aliphatic heterocycles. The summed E-state index contributed by atoms with van der Waals surface area (Å²) in [6.07, 6.45) is 3.02. The Hall–Kier alpha value is -0.120. The lowest BCUT2D eigenvalue weighted by Crippen LogP contribution is -2.39. The molecule has 0 aliphatic carbocycles. The second-order valence-corrected chi connectivity index (χ2v) is 6.80. The van der Waals surface area contributed by atoms with E-state index in [1.807, 2.05) is 13.8 Å². The Morgan fingerprint density at radius 3 is 2.33 bits per heavy atom. The second kappa shape index (κ2) is 6.88. The maximum absolute atomic E-state index is 10.1. The van der Waals surface area contributed by atoms with Crippen LogP contribution in [0.15, 0.2) is 0 Å². The second-order valence-electron chi connectivity index (χ2n) is 6.80. The van der Waals surface area contributed by atoms with Crippen molar-refractivity contribution in [2.75, 3.05) is 19.6 Å². The zero-order valence-corrected chi connectivity index (χ0v) is 12.8. The van der Waals surface area contributed by atoms with Crippen molar-refractivity contribution in [2.24, 2.45) is 11.3 Å². The van der Waals surface area contributed by atoms with E-state index >= 15 is 0 Å². The first kappa shape index (κ1) is 15.9. The highest BCUT2D eigenvalue weighted by atomic mass is 16.6. The normalized spacial score (nSPS) is 21.5. The fourth-order valence-electron chi connectivity index (χ4n) is 2.30. The molecule has 18 heavy (non-hydrogen) atoms. The third-order valence-electron chi connectivity index (χ3n) is 4.02. The van der Waals surface area contributed by atoms with Gasteiger partial charge < -0.3 is 14.7 Å². The van der Waals surface area contributed by atoms with Gasteiger partial charge in [-0.15, -0.1) is 0 Å². The van der Waals surface area contributed by atoms with E-state index in [1.54, 1.807) is 0 Å². The van der Waals surface area contributed by atoms with Gasteiger partial charge in [0.25, 0.3) is 0 Å². The van der Waals surface area contributed by atoms with Gasteiger partial charge in [0.1, 0.15) is 0 Å². The first-order chi connectivity index (χ1) is 8.31. The molecule has 1 N–H and O–H groups in total. The monoisotopic (exact) mass is 257 g/mol. The van der Waals surface area contributed by atoms with Gasteiger partial charge in [0.15, 0.2) is 6.29 Å². The van der Waals surface area contributed by atoms with E-state index < -0.39 is 6.29 Å². The molecule has 3 nitrogen and oxygen atoms in total. The number of rotatable bonds is 6. The highest BCUT2D eigenvalue weighted by molar-refractivity contribution is 4.76. The van der Waals surface area contributed by atoms with Crippen LogP contribution in [0.5, 0.6) is 0 Å². The molecule has 1 fully saturated rings. The number of aliphatic hydroxyl groups excluding tert-OH is 1. The summed E-state index contributed by atoms with van der Waals surface area (Å²) in [5.74, 6) is 0.879. The van der Waals surface area contributed by atoms with Crippen LogP contribution >= 0.6 is 0 Å². The molecule has 1 heterocycles. The Balaban J connectivity index is 2.32. The van der Waals surface area contributed by atoms with Gasteiger partial charge in [-0.05, 0) is 58.7 Å². The quantitative estimate of drug-likeness (QED) is 0.743. The van der Waals surface area contributed by atoms with E-state index in [1.165, 1.54) is 25.9 Å². The molecule has 1 saturated heterocycles. The predicted octanol–water partition coefficient (Wildman–Crippen LogP) is 2.88. The molecule has 1 unspecified atom stereocenters. The number of ether oxygens (including phenoxy) is 1. The van der Waals surface area contributed by atoms with Crippen molar-refractivity contribution in [2.45, 2.75) is 66.3 Å². The van der Waals surface area contributed by atoms with E-state index in [0.717, 1.165) is 18.9 Å². The van der Waals surface area contributed by atoms with Gasteiger partial charge in [-0.25, -0.2) is 0 Å². The van der Waals surface area contributed by atoms with Gasteiger partial charge in [0.2, 0.25) is 0 Å². The Morgan fingerprint density at radius 2 is 1.83 bits per heavy atom. The first-order valence-corrected chi connectivity index (χ1v) is 7.37. The summed E-state index contributed by atoms with van der Waals surface area (Å²) in [5, 5.41) is 10.1. The molecule has 0 spiro atoms. The lowest BCUT2D eigenvalue weighted by atomic mass is 9.87. The minimum atomic E-state index is -0.666. The number of hydrogen-bond donors (Lipinski definition) is 1. The Morgan fingerprint density at radius 1 is 1.28 bits per heavy atom. The molecule has 3 heteroatoms. The Bertz CT molecular complexity index is 233. The van der Waals surface area contributed by atoms with E-state index in [0.29, 0.717) is 0 Å². The summed E-state index contributed by atoms with van der Waals surface area (Å²) in [6.45, 7) is 13.9. The first-order valence-electron chi connectivity index (χ1n) is 7.37. The summed E-state index contributed by atoms with van der Waals surface area (Å²) in [4.78, 5) is 2.52. The SMILES string of the molecule is CC1CCN(CCC(C)(C)C(O)OC(C)C)CC1. The number of likely N-dealkylation sites (tertiary alicyclic amines) is 1. The Kier molecular flexibility index (Phi) is 6.09. The third kappa shape index (κ3) is 5.25. The fraction of sp³-hybridized carbons (Fsp3) is 1.00. The topological polar surface area (TPSA) is 32.7 Å². The number of hydrogen-bond acceptors (Lipinski definition) is 3. The van der Waals surface area contributed by atoms with Crippen LogP contribution in [-0.2, 0) is 4.74 Å². The van der Waals surface area contributed by atoms with Crippen LogP contribution in [0.25, 0.3) is 0 Å². The van der Waals surface area contributed by atoms with Crippen molar-refractivity contribution in [3.63, 3.8) is 0 Å². The number of nitrogens with zero attached hydrogens (tertiary/aromatic N) is 1. The van der Waals surface area contributed by atoms with Crippen LogP contribution in [-0.4, -0.2) is 42.0 Å². The summed E-state index contributed by atoms with van der Waals surface area (Å²) < 4.78 is 5.51. The minimum absolute atomic E-state index is 0.0788. The molecule has 0 radical (unpaired) electrons. The van der Waals surface area contributed by atoms with Crippen molar-refractivity contribution in [1.29, 1.82) is 0 Å². The molecule has 1 rings (SSSR count). The lowest BCUT2D eigenvalue weighted by molar-refractivity contribution is -0.187. The zero-order valence-electron chi connectivity index (χ0n) is 12.8.